The molecule has 0 aromatic carbocycles. The molecule has 1 N–H and O–H groups in total. The van der Waals surface area contributed by atoms with Crippen molar-refractivity contribution in [3.05, 3.63) is 18.2 Å². The van der Waals surface area contributed by atoms with Crippen molar-refractivity contribution in [3.63, 3.8) is 0 Å². The Morgan fingerprint density at radius 1 is 1.32 bits per heavy atom. The summed E-state index contributed by atoms with van der Waals surface area (Å²) in [6, 6.07) is 0. The Balaban J connectivity index is 2.17. The molecular formula is C15H29N3O. The van der Waals surface area contributed by atoms with E-state index in [-0.39, 0.29) is 0 Å². The van der Waals surface area contributed by atoms with Gasteiger partial charge in [0.2, 0.25) is 0 Å². The summed E-state index contributed by atoms with van der Waals surface area (Å²) in [6.45, 7) is 11.3. The van der Waals surface area contributed by atoms with Gasteiger partial charge in [-0.05, 0) is 25.3 Å². The van der Waals surface area contributed by atoms with Gasteiger partial charge in [0, 0.05) is 32.5 Å². The van der Waals surface area contributed by atoms with Gasteiger partial charge in [0.1, 0.15) is 0 Å². The highest BCUT2D eigenvalue weighted by Crippen LogP contribution is 2.02. The van der Waals surface area contributed by atoms with Crippen LogP contribution < -0.4 is 5.32 Å². The molecule has 4 heteroatoms. The lowest BCUT2D eigenvalue weighted by Crippen LogP contribution is -2.21. The highest BCUT2D eigenvalue weighted by atomic mass is 16.5. The van der Waals surface area contributed by atoms with Crippen LogP contribution >= 0.6 is 0 Å². The molecule has 0 unspecified atom stereocenters. The Labute approximate surface area is 117 Å². The van der Waals surface area contributed by atoms with Crippen LogP contribution in [0.2, 0.25) is 0 Å². The monoisotopic (exact) mass is 267 g/mol. The standard InChI is InChI=1S/C15H29N3O/c1-4-5-8-19-9-6-7-18-13-17-12-15(18)11-16-10-14(2)3/h12-14,16H,4-11H2,1-3H3. The lowest BCUT2D eigenvalue weighted by atomic mass is 10.2. The zero-order chi connectivity index (χ0) is 13.9. The number of unbranched alkanes of at least 4 members (excludes halogenated alkanes) is 1. The molecule has 0 bridgehead atoms. The van der Waals surface area contributed by atoms with E-state index in [0.717, 1.165) is 45.7 Å². The van der Waals surface area contributed by atoms with E-state index >= 15 is 0 Å². The lowest BCUT2D eigenvalue weighted by Gasteiger charge is -2.10. The highest BCUT2D eigenvalue weighted by molar-refractivity contribution is 4.97. The smallest absolute Gasteiger partial charge is 0.0948 e. The van der Waals surface area contributed by atoms with Crippen molar-refractivity contribution in [2.45, 2.75) is 53.1 Å². The fourth-order valence-corrected chi connectivity index (χ4v) is 1.87. The Bertz CT molecular complexity index is 323. The Kier molecular flexibility index (Phi) is 8.50. The minimum absolute atomic E-state index is 0.684. The van der Waals surface area contributed by atoms with Crippen molar-refractivity contribution < 1.29 is 4.74 Å². The van der Waals surface area contributed by atoms with Gasteiger partial charge in [-0.15, -0.1) is 0 Å². The molecular weight excluding hydrogens is 238 g/mol. The number of aryl methyl sites for hydroxylation is 1. The number of hydrogen-bond acceptors (Lipinski definition) is 3. The summed E-state index contributed by atoms with van der Waals surface area (Å²) < 4.78 is 7.79. The van der Waals surface area contributed by atoms with Gasteiger partial charge < -0.3 is 14.6 Å². The van der Waals surface area contributed by atoms with Crippen LogP contribution in [0.25, 0.3) is 0 Å². The fraction of sp³-hybridized carbons (Fsp3) is 0.800. The molecule has 0 amide bonds. The number of nitrogens with zero attached hydrogens (tertiary/aromatic N) is 2. The summed E-state index contributed by atoms with van der Waals surface area (Å²) in [6.07, 6.45) is 7.28. The third kappa shape index (κ3) is 7.33. The van der Waals surface area contributed by atoms with Gasteiger partial charge in [0.15, 0.2) is 0 Å². The van der Waals surface area contributed by atoms with Gasteiger partial charge in [-0.3, -0.25) is 0 Å². The molecule has 1 aromatic heterocycles. The summed E-state index contributed by atoms with van der Waals surface area (Å²) in [4.78, 5) is 4.23. The minimum Gasteiger partial charge on any atom is -0.381 e. The van der Waals surface area contributed by atoms with Crippen molar-refractivity contribution in [1.82, 2.24) is 14.9 Å². The van der Waals surface area contributed by atoms with E-state index in [1.807, 2.05) is 12.5 Å². The molecule has 0 saturated heterocycles. The van der Waals surface area contributed by atoms with E-state index in [9.17, 15) is 0 Å². The molecule has 0 radical (unpaired) electrons. The second-order valence-electron chi connectivity index (χ2n) is 5.42. The molecule has 0 atom stereocenters. The van der Waals surface area contributed by atoms with Gasteiger partial charge in [-0.1, -0.05) is 27.2 Å². The third-order valence-electron chi connectivity index (χ3n) is 2.99. The fourth-order valence-electron chi connectivity index (χ4n) is 1.87. The van der Waals surface area contributed by atoms with E-state index < -0.39 is 0 Å². The summed E-state index contributed by atoms with van der Waals surface area (Å²) in [5.41, 5.74) is 1.26. The first-order valence-electron chi connectivity index (χ1n) is 7.51. The summed E-state index contributed by atoms with van der Waals surface area (Å²) in [7, 11) is 0. The molecule has 1 heterocycles. The zero-order valence-electron chi connectivity index (χ0n) is 12.7. The van der Waals surface area contributed by atoms with Crippen molar-refractivity contribution in [3.8, 4) is 0 Å². The molecule has 110 valence electrons. The molecule has 0 aliphatic heterocycles. The largest absolute Gasteiger partial charge is 0.381 e. The number of nitrogens with one attached hydrogen (secondary N) is 1. The van der Waals surface area contributed by atoms with Gasteiger partial charge in [-0.25, -0.2) is 4.98 Å². The molecule has 0 aliphatic carbocycles. The Morgan fingerprint density at radius 2 is 2.11 bits per heavy atom. The van der Waals surface area contributed by atoms with Crippen LogP contribution in [0, 0.1) is 5.92 Å². The SMILES string of the molecule is CCCCOCCCn1cncc1CNCC(C)C. The predicted octanol–water partition coefficient (Wildman–Crippen LogP) is 2.84. The second kappa shape index (κ2) is 9.98. The molecule has 4 nitrogen and oxygen atoms in total. The number of rotatable bonds is 11. The Hall–Kier alpha value is -0.870. The predicted molar refractivity (Wildman–Crippen MR) is 79.1 cm³/mol. The van der Waals surface area contributed by atoms with E-state index in [4.69, 9.17) is 4.74 Å². The first-order chi connectivity index (χ1) is 9.24. The maximum atomic E-state index is 5.58. The van der Waals surface area contributed by atoms with Crippen LogP contribution in [0.5, 0.6) is 0 Å². The Morgan fingerprint density at radius 3 is 2.84 bits per heavy atom. The van der Waals surface area contributed by atoms with Crippen molar-refractivity contribution in [2.75, 3.05) is 19.8 Å². The second-order valence-corrected chi connectivity index (χ2v) is 5.42. The van der Waals surface area contributed by atoms with Crippen LogP contribution in [0.1, 0.15) is 45.7 Å². The average molecular weight is 267 g/mol. The quantitative estimate of drug-likeness (QED) is 0.627. The molecule has 0 fully saturated rings. The van der Waals surface area contributed by atoms with Crippen molar-refractivity contribution in [2.24, 2.45) is 5.92 Å². The third-order valence-corrected chi connectivity index (χ3v) is 2.99. The number of hydrogen-bond donors (Lipinski definition) is 1. The first-order valence-corrected chi connectivity index (χ1v) is 7.51. The summed E-state index contributed by atoms with van der Waals surface area (Å²) >= 11 is 0. The number of ether oxygens (including phenoxy) is 1. The normalized spacial score (nSPS) is 11.4. The molecule has 0 saturated carbocycles. The van der Waals surface area contributed by atoms with Crippen LogP contribution in [-0.2, 0) is 17.8 Å². The van der Waals surface area contributed by atoms with E-state index in [1.165, 1.54) is 12.1 Å². The van der Waals surface area contributed by atoms with Gasteiger partial charge >= 0.3 is 0 Å². The van der Waals surface area contributed by atoms with Crippen LogP contribution in [0.4, 0.5) is 0 Å². The topological polar surface area (TPSA) is 39.1 Å². The maximum Gasteiger partial charge on any atom is 0.0948 e. The maximum absolute atomic E-state index is 5.58. The van der Waals surface area contributed by atoms with Crippen molar-refractivity contribution >= 4 is 0 Å². The number of imidazole rings is 1. The first kappa shape index (κ1) is 16.2. The van der Waals surface area contributed by atoms with Gasteiger partial charge in [0.05, 0.1) is 12.0 Å². The molecule has 19 heavy (non-hydrogen) atoms. The van der Waals surface area contributed by atoms with Crippen molar-refractivity contribution in [1.29, 1.82) is 0 Å². The highest BCUT2D eigenvalue weighted by Gasteiger charge is 2.02. The van der Waals surface area contributed by atoms with Gasteiger partial charge in [0.25, 0.3) is 0 Å². The van der Waals surface area contributed by atoms with Crippen LogP contribution in [-0.4, -0.2) is 29.3 Å². The average Bonchev–Trinajstić information content (AvgIpc) is 2.81. The van der Waals surface area contributed by atoms with E-state index in [1.54, 1.807) is 0 Å². The van der Waals surface area contributed by atoms with Crippen LogP contribution in [0.3, 0.4) is 0 Å². The van der Waals surface area contributed by atoms with Gasteiger partial charge in [-0.2, -0.15) is 0 Å². The zero-order valence-corrected chi connectivity index (χ0v) is 12.7. The number of aromatic nitrogens is 2. The lowest BCUT2D eigenvalue weighted by molar-refractivity contribution is 0.126. The van der Waals surface area contributed by atoms with E-state index in [2.05, 4.69) is 35.6 Å². The molecule has 0 spiro atoms. The molecule has 1 aromatic rings. The summed E-state index contributed by atoms with van der Waals surface area (Å²) in [5.74, 6) is 0.684. The summed E-state index contributed by atoms with van der Waals surface area (Å²) in [5, 5.41) is 3.45. The van der Waals surface area contributed by atoms with Crippen LogP contribution in [0.15, 0.2) is 12.5 Å². The minimum atomic E-state index is 0.684. The molecule has 0 aliphatic rings. The van der Waals surface area contributed by atoms with E-state index in [0.29, 0.717) is 5.92 Å². The molecule has 1 rings (SSSR count).